The molecule has 1 aromatic rings. The van der Waals surface area contributed by atoms with Gasteiger partial charge < -0.3 is 16.4 Å². The van der Waals surface area contributed by atoms with Crippen molar-refractivity contribution in [1.82, 2.24) is 9.97 Å². The molecular formula is C11H19N5S. The van der Waals surface area contributed by atoms with Gasteiger partial charge in [0.2, 0.25) is 5.95 Å². The topological polar surface area (TPSA) is 75.9 Å². The molecule has 1 saturated heterocycles. The van der Waals surface area contributed by atoms with Gasteiger partial charge in [0.15, 0.2) is 0 Å². The van der Waals surface area contributed by atoms with E-state index in [1.165, 1.54) is 18.6 Å². The molecule has 5 nitrogen and oxygen atoms in total. The molecule has 0 amide bonds. The highest BCUT2D eigenvalue weighted by Gasteiger charge is 2.29. The molecular weight excluding hydrogens is 234 g/mol. The maximum Gasteiger partial charge on any atom is 0.223 e. The number of anilines is 3. The third-order valence-electron chi connectivity index (χ3n) is 2.94. The zero-order valence-corrected chi connectivity index (χ0v) is 11.1. The lowest BCUT2D eigenvalue weighted by Gasteiger charge is -2.23. The van der Waals surface area contributed by atoms with Gasteiger partial charge in [0.25, 0.3) is 0 Å². The normalized spacial score (nSPS) is 23.6. The summed E-state index contributed by atoms with van der Waals surface area (Å²) in [6.45, 7) is 3.21. The molecule has 0 bridgehead atoms. The Morgan fingerprint density at radius 1 is 1.47 bits per heavy atom. The number of aromatic nitrogens is 2. The molecule has 0 radical (unpaired) electrons. The first-order chi connectivity index (χ1) is 8.11. The average Bonchev–Trinajstić information content (AvgIpc) is 2.73. The lowest BCUT2D eigenvalue weighted by Crippen LogP contribution is -2.27. The van der Waals surface area contributed by atoms with E-state index in [1.807, 2.05) is 24.9 Å². The summed E-state index contributed by atoms with van der Waals surface area (Å²) in [5, 5.41) is 6.32. The van der Waals surface area contributed by atoms with E-state index in [4.69, 9.17) is 5.73 Å². The summed E-state index contributed by atoms with van der Waals surface area (Å²) >= 11 is 2.03. The third kappa shape index (κ3) is 3.15. The standard InChI is InChI=1S/C11H19N5S/c1-11(4-3-5-17-11)7-14-9-6-8(13-2)15-10(12)16-9/h6H,3-5,7H2,1-2H3,(H4,12,13,14,15,16). The van der Waals surface area contributed by atoms with E-state index >= 15 is 0 Å². The first-order valence-corrected chi connectivity index (χ1v) is 6.80. The lowest BCUT2D eigenvalue weighted by atomic mass is 10.1. The molecule has 0 aromatic carbocycles. The predicted molar refractivity (Wildman–Crippen MR) is 74.6 cm³/mol. The Bertz CT molecular complexity index is 389. The van der Waals surface area contributed by atoms with Crippen LogP contribution in [-0.4, -0.2) is 34.1 Å². The molecule has 94 valence electrons. The summed E-state index contributed by atoms with van der Waals surface area (Å²) < 4.78 is 0.319. The second-order valence-electron chi connectivity index (χ2n) is 4.50. The Balaban J connectivity index is 2.00. The fourth-order valence-electron chi connectivity index (χ4n) is 1.94. The molecule has 1 fully saturated rings. The van der Waals surface area contributed by atoms with Gasteiger partial charge in [-0.2, -0.15) is 21.7 Å². The minimum Gasteiger partial charge on any atom is -0.373 e. The van der Waals surface area contributed by atoms with Gasteiger partial charge in [0, 0.05) is 24.4 Å². The van der Waals surface area contributed by atoms with Crippen LogP contribution in [0.25, 0.3) is 0 Å². The number of nitrogens with one attached hydrogen (secondary N) is 2. The minimum absolute atomic E-state index is 0.295. The average molecular weight is 253 g/mol. The fraction of sp³-hybridized carbons (Fsp3) is 0.636. The number of nitrogens with two attached hydrogens (primary N) is 1. The zero-order chi connectivity index (χ0) is 12.3. The van der Waals surface area contributed by atoms with Gasteiger partial charge in [-0.3, -0.25) is 0 Å². The van der Waals surface area contributed by atoms with Gasteiger partial charge >= 0.3 is 0 Å². The van der Waals surface area contributed by atoms with E-state index in [-0.39, 0.29) is 0 Å². The Morgan fingerprint density at radius 2 is 2.24 bits per heavy atom. The summed E-state index contributed by atoms with van der Waals surface area (Å²) in [5.74, 6) is 3.08. The second-order valence-corrected chi connectivity index (χ2v) is 6.18. The molecule has 1 atom stereocenters. The van der Waals surface area contributed by atoms with E-state index in [1.54, 1.807) is 0 Å². The maximum atomic E-state index is 5.64. The maximum absolute atomic E-state index is 5.64. The Labute approximate surface area is 106 Å². The van der Waals surface area contributed by atoms with Gasteiger partial charge in [-0.05, 0) is 25.5 Å². The zero-order valence-electron chi connectivity index (χ0n) is 10.3. The largest absolute Gasteiger partial charge is 0.373 e. The van der Waals surface area contributed by atoms with Crippen molar-refractivity contribution < 1.29 is 0 Å². The van der Waals surface area contributed by atoms with Gasteiger partial charge in [-0.15, -0.1) is 0 Å². The molecule has 1 aromatic heterocycles. The Hall–Kier alpha value is -1.17. The summed E-state index contributed by atoms with van der Waals surface area (Å²) in [5.41, 5.74) is 5.64. The van der Waals surface area contributed by atoms with Crippen LogP contribution in [0, 0.1) is 0 Å². The van der Waals surface area contributed by atoms with Crippen LogP contribution in [0.15, 0.2) is 6.07 Å². The third-order valence-corrected chi connectivity index (χ3v) is 4.48. The van der Waals surface area contributed by atoms with Crippen LogP contribution in [-0.2, 0) is 0 Å². The van der Waals surface area contributed by atoms with Crippen LogP contribution in [0.5, 0.6) is 0 Å². The molecule has 0 aliphatic carbocycles. The molecule has 2 heterocycles. The number of thioether (sulfide) groups is 1. The van der Waals surface area contributed by atoms with E-state index in [0.717, 1.165) is 18.2 Å². The Kier molecular flexibility index (Phi) is 3.61. The SMILES string of the molecule is CNc1cc(NCC2(C)CCCS2)nc(N)n1. The lowest BCUT2D eigenvalue weighted by molar-refractivity contribution is 0.634. The number of nitrogen functional groups attached to an aromatic ring is 1. The Morgan fingerprint density at radius 3 is 2.88 bits per heavy atom. The van der Waals surface area contributed by atoms with E-state index in [0.29, 0.717) is 10.7 Å². The monoisotopic (exact) mass is 253 g/mol. The van der Waals surface area contributed by atoms with Gasteiger partial charge in [-0.25, -0.2) is 0 Å². The predicted octanol–water partition coefficient (Wildman–Crippen LogP) is 1.80. The smallest absolute Gasteiger partial charge is 0.223 e. The molecule has 0 saturated carbocycles. The van der Waals surface area contributed by atoms with Crippen molar-refractivity contribution in [3.05, 3.63) is 6.07 Å². The highest BCUT2D eigenvalue weighted by molar-refractivity contribution is 8.00. The van der Waals surface area contributed by atoms with Crippen molar-refractivity contribution in [2.24, 2.45) is 0 Å². The first-order valence-electron chi connectivity index (χ1n) is 5.81. The molecule has 17 heavy (non-hydrogen) atoms. The number of rotatable bonds is 4. The second kappa shape index (κ2) is 5.00. The fourth-order valence-corrected chi connectivity index (χ4v) is 3.18. The van der Waals surface area contributed by atoms with E-state index in [9.17, 15) is 0 Å². The van der Waals surface area contributed by atoms with Crippen molar-refractivity contribution in [2.45, 2.75) is 24.5 Å². The van der Waals surface area contributed by atoms with Crippen molar-refractivity contribution in [3.8, 4) is 0 Å². The van der Waals surface area contributed by atoms with Crippen LogP contribution in [0.1, 0.15) is 19.8 Å². The summed E-state index contributed by atoms with van der Waals surface area (Å²) in [6.07, 6.45) is 2.56. The summed E-state index contributed by atoms with van der Waals surface area (Å²) in [7, 11) is 1.82. The molecule has 4 N–H and O–H groups in total. The molecule has 0 spiro atoms. The minimum atomic E-state index is 0.295. The van der Waals surface area contributed by atoms with E-state index in [2.05, 4.69) is 27.5 Å². The number of hydrogen-bond acceptors (Lipinski definition) is 6. The first kappa shape index (κ1) is 12.3. The van der Waals surface area contributed by atoms with Crippen LogP contribution in [0.4, 0.5) is 17.6 Å². The molecule has 2 rings (SSSR count). The van der Waals surface area contributed by atoms with Crippen LogP contribution in [0.3, 0.4) is 0 Å². The van der Waals surface area contributed by atoms with Crippen molar-refractivity contribution >= 4 is 29.3 Å². The summed E-state index contributed by atoms with van der Waals surface area (Å²) in [4.78, 5) is 8.24. The highest BCUT2D eigenvalue weighted by atomic mass is 32.2. The number of nitrogens with zero attached hydrogens (tertiary/aromatic N) is 2. The van der Waals surface area contributed by atoms with Crippen LogP contribution >= 0.6 is 11.8 Å². The molecule has 1 unspecified atom stereocenters. The van der Waals surface area contributed by atoms with Crippen molar-refractivity contribution in [3.63, 3.8) is 0 Å². The van der Waals surface area contributed by atoms with Crippen molar-refractivity contribution in [1.29, 1.82) is 0 Å². The van der Waals surface area contributed by atoms with E-state index < -0.39 is 0 Å². The van der Waals surface area contributed by atoms with Gasteiger partial charge in [-0.1, -0.05) is 0 Å². The molecule has 6 heteroatoms. The number of hydrogen-bond donors (Lipinski definition) is 3. The van der Waals surface area contributed by atoms with Gasteiger partial charge in [0.05, 0.1) is 0 Å². The highest BCUT2D eigenvalue weighted by Crippen LogP contribution is 2.37. The molecule has 1 aliphatic heterocycles. The quantitative estimate of drug-likeness (QED) is 0.759. The molecule has 1 aliphatic rings. The summed E-state index contributed by atoms with van der Waals surface area (Å²) in [6, 6.07) is 1.87. The van der Waals surface area contributed by atoms with Crippen molar-refractivity contribution in [2.75, 3.05) is 35.7 Å². The van der Waals surface area contributed by atoms with Crippen LogP contribution < -0.4 is 16.4 Å². The van der Waals surface area contributed by atoms with Gasteiger partial charge in [0.1, 0.15) is 11.6 Å². The van der Waals surface area contributed by atoms with Crippen LogP contribution in [0.2, 0.25) is 0 Å².